The second-order valence-electron chi connectivity index (χ2n) is 12.4. The molecular formula is C35H32BrN3O6S2. The van der Waals surface area contributed by atoms with Gasteiger partial charge in [0, 0.05) is 21.0 Å². The van der Waals surface area contributed by atoms with Crippen LogP contribution in [0.1, 0.15) is 60.0 Å². The molecule has 47 heavy (non-hydrogen) atoms. The van der Waals surface area contributed by atoms with E-state index in [2.05, 4.69) is 42.0 Å². The highest BCUT2D eigenvalue weighted by Gasteiger charge is 2.56. The number of carbonyl (C=O) groups is 4. The summed E-state index contributed by atoms with van der Waals surface area (Å²) in [5.74, 6) is -2.87. The molecule has 3 amide bonds. The molecule has 0 radical (unpaired) electrons. The monoisotopic (exact) mass is 733 g/mol. The Hall–Kier alpha value is -4.00. The number of hydrogen-bond donors (Lipinski definition) is 1. The Kier molecular flexibility index (Phi) is 9.03. The molecule has 4 aromatic rings. The molecule has 2 aliphatic heterocycles. The van der Waals surface area contributed by atoms with Gasteiger partial charge in [0.25, 0.3) is 0 Å². The summed E-state index contributed by atoms with van der Waals surface area (Å²) < 4.78 is 7.22. The summed E-state index contributed by atoms with van der Waals surface area (Å²) in [5, 5.41) is 2.51. The van der Waals surface area contributed by atoms with Gasteiger partial charge in [-0.3, -0.25) is 23.7 Å². The van der Waals surface area contributed by atoms with E-state index in [1.165, 1.54) is 21.2 Å². The Bertz CT molecular complexity index is 1930. The SMILES string of the molecule is CCOC(=O)c1ccc(NC(=O)Cn2c3c(sc2=O)[C@H](c2ccc(C(C)(C)C)cc2)C2C(=O)N(c4ccc(Br)cc4)C(=O)C2S3)cc1. The molecule has 6 rings (SSSR count). The van der Waals surface area contributed by atoms with Gasteiger partial charge in [0.2, 0.25) is 17.7 Å². The predicted molar refractivity (Wildman–Crippen MR) is 186 cm³/mol. The lowest BCUT2D eigenvalue weighted by molar-refractivity contribution is -0.122. The van der Waals surface area contributed by atoms with Crippen LogP contribution in [0.4, 0.5) is 11.4 Å². The fourth-order valence-corrected chi connectivity index (χ4v) is 8.94. The first kappa shape index (κ1) is 32.9. The fourth-order valence-electron chi connectivity index (χ4n) is 5.90. The lowest BCUT2D eigenvalue weighted by atomic mass is 9.81. The highest BCUT2D eigenvalue weighted by molar-refractivity contribution is 9.10. The maximum atomic E-state index is 14.1. The van der Waals surface area contributed by atoms with Gasteiger partial charge >= 0.3 is 10.8 Å². The Morgan fingerprint density at radius 2 is 1.57 bits per heavy atom. The lowest BCUT2D eigenvalue weighted by Gasteiger charge is -2.31. The summed E-state index contributed by atoms with van der Waals surface area (Å²) in [6.07, 6.45) is 0. The number of amides is 3. The maximum Gasteiger partial charge on any atom is 0.338 e. The third-order valence-electron chi connectivity index (χ3n) is 8.25. The molecular weight excluding hydrogens is 702 g/mol. The topological polar surface area (TPSA) is 115 Å². The number of aromatic nitrogens is 1. The van der Waals surface area contributed by atoms with Crippen molar-refractivity contribution in [3.8, 4) is 0 Å². The molecule has 1 fully saturated rings. The predicted octanol–water partition coefficient (Wildman–Crippen LogP) is 6.58. The van der Waals surface area contributed by atoms with Crippen LogP contribution in [0, 0.1) is 5.92 Å². The minimum atomic E-state index is -0.787. The van der Waals surface area contributed by atoms with Crippen molar-refractivity contribution in [1.29, 1.82) is 0 Å². The Morgan fingerprint density at radius 3 is 2.19 bits per heavy atom. The molecule has 3 aromatic carbocycles. The molecule has 2 aliphatic rings. The van der Waals surface area contributed by atoms with Gasteiger partial charge in [-0.1, -0.05) is 84.1 Å². The number of anilines is 2. The molecule has 0 saturated carbocycles. The smallest absolute Gasteiger partial charge is 0.338 e. The molecule has 1 N–H and O–H groups in total. The van der Waals surface area contributed by atoms with Crippen molar-refractivity contribution < 1.29 is 23.9 Å². The van der Waals surface area contributed by atoms with Crippen LogP contribution in [0.15, 0.2) is 87.1 Å². The maximum absolute atomic E-state index is 14.1. The number of nitrogens with zero attached hydrogens (tertiary/aromatic N) is 2. The van der Waals surface area contributed by atoms with E-state index < -0.39 is 29.0 Å². The zero-order valence-corrected chi connectivity index (χ0v) is 29.3. The molecule has 2 unspecified atom stereocenters. The third kappa shape index (κ3) is 6.33. The summed E-state index contributed by atoms with van der Waals surface area (Å²) in [6, 6.07) is 21.3. The average Bonchev–Trinajstić information content (AvgIpc) is 3.47. The number of thiazole rings is 1. The standard InChI is InChI=1S/C35H32BrN3O6S2/c1-5-45-33(43)20-8-14-23(15-9-20)37-25(40)18-38-32-29(47-34(38)44)26(19-6-10-21(11-7-19)35(2,3)4)27-28(46-32)31(42)39(30(27)41)24-16-12-22(36)13-17-24/h6-17,26-28H,5,18H2,1-4H3,(H,37,40)/t26-,27?,28?/m1/s1. The van der Waals surface area contributed by atoms with Crippen LogP contribution in [0.25, 0.3) is 0 Å². The number of nitrogens with one attached hydrogen (secondary N) is 1. The van der Waals surface area contributed by atoms with E-state index >= 15 is 0 Å². The molecule has 9 nitrogen and oxygen atoms in total. The summed E-state index contributed by atoms with van der Waals surface area (Å²) in [5.41, 5.74) is 3.14. The molecule has 1 aromatic heterocycles. The van der Waals surface area contributed by atoms with Crippen molar-refractivity contribution in [3.05, 3.63) is 109 Å². The van der Waals surface area contributed by atoms with Gasteiger partial charge in [0.1, 0.15) is 11.8 Å². The van der Waals surface area contributed by atoms with E-state index in [9.17, 15) is 24.0 Å². The lowest BCUT2D eigenvalue weighted by Crippen LogP contribution is -2.33. The minimum Gasteiger partial charge on any atom is -0.462 e. The Morgan fingerprint density at radius 1 is 0.915 bits per heavy atom. The number of rotatable bonds is 7. The van der Waals surface area contributed by atoms with Gasteiger partial charge in [-0.2, -0.15) is 0 Å². The van der Waals surface area contributed by atoms with Crippen molar-refractivity contribution in [2.45, 2.75) is 55.8 Å². The van der Waals surface area contributed by atoms with Gasteiger partial charge in [-0.15, -0.1) is 0 Å². The second kappa shape index (κ2) is 12.9. The van der Waals surface area contributed by atoms with E-state index in [4.69, 9.17) is 4.74 Å². The number of benzene rings is 3. The number of ether oxygens (including phenoxy) is 1. The summed E-state index contributed by atoms with van der Waals surface area (Å²) in [7, 11) is 0. The largest absolute Gasteiger partial charge is 0.462 e. The summed E-state index contributed by atoms with van der Waals surface area (Å²) >= 11 is 5.59. The molecule has 0 spiro atoms. The first-order valence-corrected chi connectivity index (χ1v) is 17.6. The van der Waals surface area contributed by atoms with Crippen molar-refractivity contribution >= 4 is 74.1 Å². The number of hydrogen-bond acceptors (Lipinski definition) is 8. The van der Waals surface area contributed by atoms with E-state index in [1.807, 2.05) is 24.3 Å². The van der Waals surface area contributed by atoms with Crippen LogP contribution < -0.4 is 15.1 Å². The Labute approximate surface area is 288 Å². The third-order valence-corrected chi connectivity index (χ3v) is 11.4. The second-order valence-corrected chi connectivity index (χ2v) is 15.4. The van der Waals surface area contributed by atoms with Gasteiger partial charge in [0.05, 0.1) is 28.8 Å². The summed E-state index contributed by atoms with van der Waals surface area (Å²) in [6.45, 7) is 8.04. The van der Waals surface area contributed by atoms with Crippen molar-refractivity contribution in [2.75, 3.05) is 16.8 Å². The van der Waals surface area contributed by atoms with E-state index in [-0.39, 0.29) is 35.3 Å². The highest BCUT2D eigenvalue weighted by atomic mass is 79.9. The van der Waals surface area contributed by atoms with E-state index in [0.717, 1.165) is 26.9 Å². The molecule has 3 heterocycles. The zero-order valence-electron chi connectivity index (χ0n) is 26.1. The van der Waals surface area contributed by atoms with Crippen molar-refractivity contribution in [2.24, 2.45) is 5.92 Å². The molecule has 242 valence electrons. The molecule has 0 aliphatic carbocycles. The van der Waals surface area contributed by atoms with Crippen LogP contribution in [-0.2, 0) is 31.1 Å². The molecule has 3 atom stereocenters. The highest BCUT2D eigenvalue weighted by Crippen LogP contribution is 2.54. The van der Waals surface area contributed by atoms with Crippen LogP contribution in [0.3, 0.4) is 0 Å². The number of esters is 1. The number of thioether (sulfide) groups is 1. The normalized spacial score (nSPS) is 18.9. The van der Waals surface area contributed by atoms with E-state index in [1.54, 1.807) is 55.5 Å². The molecule has 1 saturated heterocycles. The first-order chi connectivity index (χ1) is 22.4. The van der Waals surface area contributed by atoms with Gasteiger partial charge < -0.3 is 10.1 Å². The van der Waals surface area contributed by atoms with Crippen LogP contribution in [-0.4, -0.2) is 40.1 Å². The quantitative estimate of drug-likeness (QED) is 0.169. The number of carbonyl (C=O) groups excluding carboxylic acids is 4. The number of fused-ring (bicyclic) bond motifs is 2. The van der Waals surface area contributed by atoms with Gasteiger partial charge in [-0.25, -0.2) is 9.69 Å². The average molecular weight is 735 g/mol. The number of imide groups is 1. The summed E-state index contributed by atoms with van der Waals surface area (Å²) in [4.78, 5) is 68.4. The van der Waals surface area contributed by atoms with Crippen LogP contribution >= 0.6 is 39.0 Å². The molecule has 12 heteroatoms. The van der Waals surface area contributed by atoms with Crippen molar-refractivity contribution in [3.63, 3.8) is 0 Å². The van der Waals surface area contributed by atoms with Crippen LogP contribution in [0.5, 0.6) is 0 Å². The minimum absolute atomic E-state index is 0.0905. The zero-order chi connectivity index (χ0) is 33.6. The Balaban J connectivity index is 1.35. The van der Waals surface area contributed by atoms with Crippen molar-refractivity contribution in [1.82, 2.24) is 4.57 Å². The first-order valence-electron chi connectivity index (χ1n) is 15.1. The van der Waals surface area contributed by atoms with Gasteiger partial charge in [-0.05, 0) is 72.0 Å². The van der Waals surface area contributed by atoms with E-state index in [0.29, 0.717) is 26.8 Å². The molecule has 0 bridgehead atoms. The van der Waals surface area contributed by atoms with Gasteiger partial charge in [0.15, 0.2) is 0 Å². The van der Waals surface area contributed by atoms with Crippen LogP contribution in [0.2, 0.25) is 0 Å². The number of halogens is 1. The fraction of sp³-hybridized carbons (Fsp3) is 0.286.